The van der Waals surface area contributed by atoms with Gasteiger partial charge in [0, 0.05) is 52.9 Å². The van der Waals surface area contributed by atoms with Crippen LogP contribution in [0.2, 0.25) is 0 Å². The normalized spacial score (nSPS) is 20.1. The Morgan fingerprint density at radius 1 is 1.58 bits per heavy atom. The maximum Gasteiger partial charge on any atom is 0.133 e. The molecule has 0 radical (unpaired) electrons. The summed E-state index contributed by atoms with van der Waals surface area (Å²) < 4.78 is 1.05. The molecular weight excluding hydrogens is 322 g/mol. The summed E-state index contributed by atoms with van der Waals surface area (Å²) in [6.07, 6.45) is 1.91. The van der Waals surface area contributed by atoms with Crippen LogP contribution in [-0.2, 0) is 6.54 Å². The molecule has 1 aromatic rings. The van der Waals surface area contributed by atoms with E-state index in [9.17, 15) is 0 Å². The lowest BCUT2D eigenvalue weighted by molar-refractivity contribution is 0.584. The van der Waals surface area contributed by atoms with Gasteiger partial charge in [0.2, 0.25) is 0 Å². The van der Waals surface area contributed by atoms with Gasteiger partial charge in [-0.2, -0.15) is 11.8 Å². The molecule has 1 aliphatic rings. The van der Waals surface area contributed by atoms with Crippen LogP contribution < -0.4 is 10.2 Å². The van der Waals surface area contributed by atoms with Crippen LogP contribution in [0, 0.1) is 0 Å². The van der Waals surface area contributed by atoms with Crippen LogP contribution in [0.5, 0.6) is 0 Å². The van der Waals surface area contributed by atoms with Gasteiger partial charge >= 0.3 is 0 Å². The van der Waals surface area contributed by atoms with Crippen molar-refractivity contribution < 1.29 is 0 Å². The van der Waals surface area contributed by atoms with Crippen molar-refractivity contribution in [1.82, 2.24) is 10.3 Å². The molecule has 0 aliphatic carbocycles. The summed E-state index contributed by atoms with van der Waals surface area (Å²) in [5, 5.41) is 3.49. The molecule has 1 N–H and O–H groups in total. The molecule has 1 fully saturated rings. The Morgan fingerprint density at radius 2 is 2.37 bits per heavy atom. The predicted octanol–water partition coefficient (Wildman–Crippen LogP) is 3.28. The molecule has 3 nitrogen and oxygen atoms in total. The maximum atomic E-state index is 4.66. The highest BCUT2D eigenvalue weighted by Gasteiger charge is 2.22. The Hall–Kier alpha value is -0.260. The highest BCUT2D eigenvalue weighted by molar-refractivity contribution is 9.10. The molecule has 0 bridgehead atoms. The van der Waals surface area contributed by atoms with E-state index in [-0.39, 0.29) is 0 Å². The monoisotopic (exact) mass is 343 g/mol. The lowest BCUT2D eigenvalue weighted by atomic mass is 10.2. The number of nitrogens with zero attached hydrogens (tertiary/aromatic N) is 2. The zero-order chi connectivity index (χ0) is 13.8. The molecule has 0 aromatic carbocycles. The zero-order valence-electron chi connectivity index (χ0n) is 11.8. The minimum Gasteiger partial charge on any atom is -0.352 e. The summed E-state index contributed by atoms with van der Waals surface area (Å²) in [6.45, 7) is 8.59. The molecule has 0 amide bonds. The molecule has 0 saturated carbocycles. The van der Waals surface area contributed by atoms with E-state index in [0.29, 0.717) is 12.1 Å². The Balaban J connectivity index is 2.22. The predicted molar refractivity (Wildman–Crippen MR) is 88.0 cm³/mol. The number of hydrogen-bond acceptors (Lipinski definition) is 4. The second kappa shape index (κ2) is 6.95. The van der Waals surface area contributed by atoms with Crippen molar-refractivity contribution >= 4 is 33.5 Å². The molecule has 106 valence electrons. The van der Waals surface area contributed by atoms with E-state index in [2.05, 4.69) is 58.0 Å². The fraction of sp³-hybridized carbons (Fsp3) is 0.643. The number of hydrogen-bond donors (Lipinski definition) is 1. The molecular formula is C14H22BrN3S. The van der Waals surface area contributed by atoms with Gasteiger partial charge in [-0.05, 0) is 28.9 Å². The van der Waals surface area contributed by atoms with E-state index in [1.54, 1.807) is 0 Å². The van der Waals surface area contributed by atoms with Crippen LogP contribution in [0.15, 0.2) is 16.7 Å². The van der Waals surface area contributed by atoms with Crippen molar-refractivity contribution in [3.63, 3.8) is 0 Å². The van der Waals surface area contributed by atoms with Gasteiger partial charge in [0.1, 0.15) is 5.82 Å². The van der Waals surface area contributed by atoms with Gasteiger partial charge < -0.3 is 10.2 Å². The van der Waals surface area contributed by atoms with Gasteiger partial charge in [-0.15, -0.1) is 0 Å². The average Bonchev–Trinajstić information content (AvgIpc) is 2.37. The smallest absolute Gasteiger partial charge is 0.133 e. The molecule has 1 aromatic heterocycles. The van der Waals surface area contributed by atoms with Crippen molar-refractivity contribution in [3.8, 4) is 0 Å². The Bertz CT molecular complexity index is 425. The molecule has 1 atom stereocenters. The summed E-state index contributed by atoms with van der Waals surface area (Å²) in [5.41, 5.74) is 1.28. The van der Waals surface area contributed by atoms with Gasteiger partial charge in [-0.1, -0.05) is 13.8 Å². The third-order valence-electron chi connectivity index (χ3n) is 3.25. The first-order chi connectivity index (χ1) is 9.08. The quantitative estimate of drug-likeness (QED) is 0.907. The fourth-order valence-corrected chi connectivity index (χ4v) is 3.61. The molecule has 1 unspecified atom stereocenters. The molecule has 1 saturated heterocycles. The van der Waals surface area contributed by atoms with Crippen molar-refractivity contribution in [2.75, 3.05) is 23.0 Å². The Morgan fingerprint density at radius 3 is 3.05 bits per heavy atom. The first kappa shape index (κ1) is 15.1. The third kappa shape index (κ3) is 4.10. The SMILES string of the molecule is CC(C)NCc1cc(Br)cnc1N1CCSCC1C. The van der Waals surface area contributed by atoms with Gasteiger partial charge in [-0.25, -0.2) is 4.98 Å². The van der Waals surface area contributed by atoms with Crippen LogP contribution in [0.4, 0.5) is 5.82 Å². The molecule has 2 rings (SSSR count). The number of nitrogens with one attached hydrogen (secondary N) is 1. The fourth-order valence-electron chi connectivity index (χ4n) is 2.22. The van der Waals surface area contributed by atoms with Crippen LogP contribution in [0.25, 0.3) is 0 Å². The second-order valence-corrected chi connectivity index (χ2v) is 7.35. The average molecular weight is 344 g/mol. The highest BCUT2D eigenvalue weighted by atomic mass is 79.9. The van der Waals surface area contributed by atoms with Crippen LogP contribution in [-0.4, -0.2) is 35.1 Å². The summed E-state index contributed by atoms with van der Waals surface area (Å²) in [7, 11) is 0. The maximum absolute atomic E-state index is 4.66. The lowest BCUT2D eigenvalue weighted by Gasteiger charge is -2.35. The number of aromatic nitrogens is 1. The zero-order valence-corrected chi connectivity index (χ0v) is 14.2. The number of anilines is 1. The van der Waals surface area contributed by atoms with Crippen molar-refractivity contribution in [3.05, 3.63) is 22.3 Å². The van der Waals surface area contributed by atoms with E-state index in [0.717, 1.165) is 23.4 Å². The van der Waals surface area contributed by atoms with Gasteiger partial charge in [0.25, 0.3) is 0 Å². The molecule has 2 heterocycles. The topological polar surface area (TPSA) is 28.2 Å². The van der Waals surface area contributed by atoms with Gasteiger partial charge in [0.05, 0.1) is 0 Å². The third-order valence-corrected chi connectivity index (χ3v) is 4.87. The molecule has 19 heavy (non-hydrogen) atoms. The van der Waals surface area contributed by atoms with E-state index in [1.807, 2.05) is 18.0 Å². The Labute approximate surface area is 128 Å². The highest BCUT2D eigenvalue weighted by Crippen LogP contribution is 2.27. The van der Waals surface area contributed by atoms with E-state index < -0.39 is 0 Å². The Kier molecular flexibility index (Phi) is 5.54. The first-order valence-electron chi connectivity index (χ1n) is 6.80. The van der Waals surface area contributed by atoms with Crippen molar-refractivity contribution in [2.45, 2.75) is 39.4 Å². The number of halogens is 1. The number of pyridine rings is 1. The summed E-state index contributed by atoms with van der Waals surface area (Å²) in [6, 6.07) is 3.23. The van der Waals surface area contributed by atoms with E-state index >= 15 is 0 Å². The van der Waals surface area contributed by atoms with Crippen molar-refractivity contribution in [2.24, 2.45) is 0 Å². The van der Waals surface area contributed by atoms with Crippen LogP contribution in [0.1, 0.15) is 26.3 Å². The van der Waals surface area contributed by atoms with Crippen LogP contribution in [0.3, 0.4) is 0 Å². The molecule has 1 aliphatic heterocycles. The minimum atomic E-state index is 0.487. The van der Waals surface area contributed by atoms with Gasteiger partial charge in [0.15, 0.2) is 0 Å². The lowest BCUT2D eigenvalue weighted by Crippen LogP contribution is -2.41. The first-order valence-corrected chi connectivity index (χ1v) is 8.75. The standard InChI is InChI=1S/C14H22BrN3S/c1-10(2)16-7-12-6-13(15)8-17-14(12)18-4-5-19-9-11(18)3/h6,8,10-11,16H,4-5,7,9H2,1-3H3. The van der Waals surface area contributed by atoms with E-state index in [1.165, 1.54) is 17.1 Å². The van der Waals surface area contributed by atoms with Crippen molar-refractivity contribution in [1.29, 1.82) is 0 Å². The van der Waals surface area contributed by atoms with E-state index in [4.69, 9.17) is 0 Å². The minimum absolute atomic E-state index is 0.487. The second-order valence-electron chi connectivity index (χ2n) is 5.29. The summed E-state index contributed by atoms with van der Waals surface area (Å²) >= 11 is 5.56. The number of rotatable bonds is 4. The molecule has 0 spiro atoms. The largest absolute Gasteiger partial charge is 0.352 e. The molecule has 5 heteroatoms. The summed E-state index contributed by atoms with van der Waals surface area (Å²) in [4.78, 5) is 7.10. The van der Waals surface area contributed by atoms with Gasteiger partial charge in [-0.3, -0.25) is 0 Å². The van der Waals surface area contributed by atoms with Crippen LogP contribution >= 0.6 is 27.7 Å². The summed E-state index contributed by atoms with van der Waals surface area (Å²) in [5.74, 6) is 3.53. The number of thioether (sulfide) groups is 1.